The SMILES string of the molecule is c1ccc(-c2cccc3cccc(-c4ccccc4N(c4cccc(-c5ccc6c(c5)c5ccccc5n6-c5ccccc5)c4)c4ccccc4-n4c5ccccc5c5ccccc54)c23)cc1. The fourth-order valence-electron chi connectivity index (χ4n) is 10.6. The highest BCUT2D eigenvalue weighted by molar-refractivity contribution is 6.13. The van der Waals surface area contributed by atoms with Crippen LogP contribution in [0.25, 0.3) is 99.1 Å². The van der Waals surface area contributed by atoms with Crippen LogP contribution in [0.3, 0.4) is 0 Å². The molecule has 0 atom stereocenters. The molecule has 0 unspecified atom stereocenters. The number of fused-ring (bicyclic) bond motifs is 7. The van der Waals surface area contributed by atoms with Gasteiger partial charge in [-0.15, -0.1) is 0 Å². The van der Waals surface area contributed by atoms with Gasteiger partial charge in [0.15, 0.2) is 0 Å². The third-order valence-corrected chi connectivity index (χ3v) is 13.5. The first-order chi connectivity index (χ1) is 33.3. The predicted molar refractivity (Wildman–Crippen MR) is 284 cm³/mol. The number of aromatic nitrogens is 2. The van der Waals surface area contributed by atoms with Crippen molar-refractivity contribution in [1.82, 2.24) is 9.13 Å². The fourth-order valence-corrected chi connectivity index (χ4v) is 10.6. The van der Waals surface area contributed by atoms with Crippen LogP contribution < -0.4 is 4.90 Å². The number of para-hydroxylation sites is 7. The van der Waals surface area contributed by atoms with Crippen molar-refractivity contribution in [3.05, 3.63) is 261 Å². The van der Waals surface area contributed by atoms with Crippen LogP contribution in [0, 0.1) is 0 Å². The van der Waals surface area contributed by atoms with Gasteiger partial charge >= 0.3 is 0 Å². The van der Waals surface area contributed by atoms with E-state index in [4.69, 9.17) is 0 Å². The third-order valence-electron chi connectivity index (χ3n) is 13.5. The maximum absolute atomic E-state index is 2.49. The Hall–Kier alpha value is -8.92. The second-order valence-corrected chi connectivity index (χ2v) is 17.3. The van der Waals surface area contributed by atoms with Gasteiger partial charge in [-0.1, -0.05) is 188 Å². The summed E-state index contributed by atoms with van der Waals surface area (Å²) in [4.78, 5) is 2.49. The van der Waals surface area contributed by atoms with Crippen molar-refractivity contribution in [2.45, 2.75) is 0 Å². The molecule has 3 nitrogen and oxygen atoms in total. The lowest BCUT2D eigenvalue weighted by atomic mass is 9.90. The molecule has 2 heterocycles. The van der Waals surface area contributed by atoms with E-state index in [1.807, 2.05) is 0 Å². The summed E-state index contributed by atoms with van der Waals surface area (Å²) in [5.74, 6) is 0. The molecule has 13 aromatic rings. The van der Waals surface area contributed by atoms with E-state index in [-0.39, 0.29) is 0 Å². The van der Waals surface area contributed by atoms with Gasteiger partial charge in [0.2, 0.25) is 0 Å². The van der Waals surface area contributed by atoms with E-state index in [1.165, 1.54) is 71.1 Å². The molecule has 0 fully saturated rings. The van der Waals surface area contributed by atoms with E-state index >= 15 is 0 Å². The normalized spacial score (nSPS) is 11.6. The number of rotatable bonds is 8. The fraction of sp³-hybridized carbons (Fsp3) is 0. The summed E-state index contributed by atoms with van der Waals surface area (Å²) >= 11 is 0. The summed E-state index contributed by atoms with van der Waals surface area (Å²) in [6.07, 6.45) is 0. The second kappa shape index (κ2) is 16.0. The molecule has 0 aliphatic rings. The van der Waals surface area contributed by atoms with E-state index in [0.717, 1.165) is 45.1 Å². The van der Waals surface area contributed by atoms with Crippen molar-refractivity contribution in [2.24, 2.45) is 0 Å². The summed E-state index contributed by atoms with van der Waals surface area (Å²) in [5.41, 5.74) is 17.2. The molecule has 0 N–H and O–H groups in total. The summed E-state index contributed by atoms with van der Waals surface area (Å²) < 4.78 is 4.83. The van der Waals surface area contributed by atoms with E-state index in [0.29, 0.717) is 0 Å². The molecule has 3 heteroatoms. The highest BCUT2D eigenvalue weighted by atomic mass is 15.2. The first-order valence-electron chi connectivity index (χ1n) is 23.0. The Morgan fingerprint density at radius 2 is 0.791 bits per heavy atom. The molecule has 0 spiro atoms. The monoisotopic (exact) mass is 853 g/mol. The van der Waals surface area contributed by atoms with Crippen LogP contribution in [0.4, 0.5) is 17.1 Å². The molecule has 67 heavy (non-hydrogen) atoms. The zero-order valence-corrected chi connectivity index (χ0v) is 36.7. The number of anilines is 3. The molecule has 314 valence electrons. The van der Waals surface area contributed by atoms with Gasteiger partial charge in [-0.3, -0.25) is 0 Å². The van der Waals surface area contributed by atoms with Crippen LogP contribution in [0.1, 0.15) is 0 Å². The van der Waals surface area contributed by atoms with Crippen LogP contribution in [0.2, 0.25) is 0 Å². The molecular formula is C64H43N3. The van der Waals surface area contributed by atoms with Crippen molar-refractivity contribution >= 4 is 71.4 Å². The summed E-state index contributed by atoms with van der Waals surface area (Å²) in [6.45, 7) is 0. The molecule has 0 bridgehead atoms. The molecule has 11 aromatic carbocycles. The minimum atomic E-state index is 1.06. The van der Waals surface area contributed by atoms with E-state index in [1.54, 1.807) is 0 Å². The predicted octanol–water partition coefficient (Wildman–Crippen LogP) is 17.5. The Balaban J connectivity index is 1.06. The topological polar surface area (TPSA) is 13.1 Å². The standard InChI is InChI=1S/C64H43N3/c1-3-20-44(21-4-1)50-32-18-22-45-23-19-33-55(64(45)50)53-30-9-11-34-57(53)66(62-38-15-16-39-63(62)67-59-36-13-7-28-51(59)52-29-8-14-37-60(52)67)49-27-17-24-46(42-49)47-40-41-61-56(43-47)54-31-10-12-35-58(54)65(61)48-25-5-2-6-26-48/h1-43H. The highest BCUT2D eigenvalue weighted by Crippen LogP contribution is 2.48. The molecule has 13 rings (SSSR count). The molecule has 0 saturated heterocycles. The van der Waals surface area contributed by atoms with Gasteiger partial charge in [0, 0.05) is 38.5 Å². The number of nitrogens with zero attached hydrogens (tertiary/aromatic N) is 3. The van der Waals surface area contributed by atoms with Gasteiger partial charge < -0.3 is 14.0 Å². The van der Waals surface area contributed by atoms with Gasteiger partial charge in [0.25, 0.3) is 0 Å². The number of benzene rings is 11. The average Bonchev–Trinajstić information content (AvgIpc) is 3.92. The smallest absolute Gasteiger partial charge is 0.0702 e. The largest absolute Gasteiger partial charge is 0.309 e. The second-order valence-electron chi connectivity index (χ2n) is 17.3. The van der Waals surface area contributed by atoms with E-state index in [2.05, 4.69) is 275 Å². The van der Waals surface area contributed by atoms with Gasteiger partial charge in [-0.2, -0.15) is 0 Å². The van der Waals surface area contributed by atoms with Gasteiger partial charge in [-0.25, -0.2) is 0 Å². The summed E-state index contributed by atoms with van der Waals surface area (Å²) in [5, 5.41) is 7.37. The minimum Gasteiger partial charge on any atom is -0.309 e. The van der Waals surface area contributed by atoms with Crippen molar-refractivity contribution in [2.75, 3.05) is 4.90 Å². The zero-order chi connectivity index (χ0) is 44.3. The lowest BCUT2D eigenvalue weighted by Crippen LogP contribution is -2.14. The molecule has 0 amide bonds. The van der Waals surface area contributed by atoms with Crippen LogP contribution in [-0.2, 0) is 0 Å². The van der Waals surface area contributed by atoms with Gasteiger partial charge in [0.05, 0.1) is 39.1 Å². The maximum Gasteiger partial charge on any atom is 0.0702 e. The Morgan fingerprint density at radius 3 is 1.52 bits per heavy atom. The number of hydrogen-bond donors (Lipinski definition) is 0. The quantitative estimate of drug-likeness (QED) is 0.148. The van der Waals surface area contributed by atoms with Crippen LogP contribution in [0.15, 0.2) is 261 Å². The molecule has 0 aliphatic carbocycles. The Kier molecular flexibility index (Phi) is 9.17. The van der Waals surface area contributed by atoms with Crippen molar-refractivity contribution < 1.29 is 0 Å². The average molecular weight is 854 g/mol. The Bertz CT molecular complexity index is 3930. The van der Waals surface area contributed by atoms with Crippen LogP contribution in [-0.4, -0.2) is 9.13 Å². The molecule has 0 saturated carbocycles. The molecule has 2 aromatic heterocycles. The first kappa shape index (κ1) is 38.5. The van der Waals surface area contributed by atoms with E-state index < -0.39 is 0 Å². The van der Waals surface area contributed by atoms with Crippen molar-refractivity contribution in [1.29, 1.82) is 0 Å². The molecular weight excluding hydrogens is 811 g/mol. The van der Waals surface area contributed by atoms with Gasteiger partial charge in [0.1, 0.15) is 0 Å². The van der Waals surface area contributed by atoms with Crippen LogP contribution in [0.5, 0.6) is 0 Å². The Morgan fingerprint density at radius 1 is 0.284 bits per heavy atom. The Labute approximate surface area is 389 Å². The van der Waals surface area contributed by atoms with Crippen molar-refractivity contribution in [3.63, 3.8) is 0 Å². The highest BCUT2D eigenvalue weighted by Gasteiger charge is 2.24. The number of hydrogen-bond acceptors (Lipinski definition) is 1. The zero-order valence-electron chi connectivity index (χ0n) is 36.7. The summed E-state index contributed by atoms with van der Waals surface area (Å²) in [6, 6.07) is 95.1. The summed E-state index contributed by atoms with van der Waals surface area (Å²) in [7, 11) is 0. The molecule has 0 radical (unpaired) electrons. The maximum atomic E-state index is 2.49. The van der Waals surface area contributed by atoms with E-state index in [9.17, 15) is 0 Å². The van der Waals surface area contributed by atoms with Crippen molar-refractivity contribution in [3.8, 4) is 44.8 Å². The molecule has 0 aliphatic heterocycles. The lowest BCUT2D eigenvalue weighted by molar-refractivity contribution is 1.15. The minimum absolute atomic E-state index is 1.06. The lowest BCUT2D eigenvalue weighted by Gasteiger charge is -2.31. The first-order valence-corrected chi connectivity index (χ1v) is 23.0. The van der Waals surface area contributed by atoms with Crippen LogP contribution >= 0.6 is 0 Å². The third kappa shape index (κ3) is 6.35. The van der Waals surface area contributed by atoms with Gasteiger partial charge in [-0.05, 0) is 111 Å².